The molecular formula is C25H28N2O3. The Labute approximate surface area is 177 Å². The molecule has 30 heavy (non-hydrogen) atoms. The molecule has 2 aromatic carbocycles. The van der Waals surface area contributed by atoms with Crippen molar-refractivity contribution in [2.75, 3.05) is 20.2 Å². The molecule has 0 bridgehead atoms. The molecule has 0 saturated heterocycles. The quantitative estimate of drug-likeness (QED) is 0.556. The lowest BCUT2D eigenvalue weighted by Gasteiger charge is -2.17. The molecule has 5 nitrogen and oxygen atoms in total. The summed E-state index contributed by atoms with van der Waals surface area (Å²) >= 11 is 0. The van der Waals surface area contributed by atoms with Crippen LogP contribution in [0.25, 0.3) is 11.1 Å². The van der Waals surface area contributed by atoms with E-state index in [1.807, 2.05) is 49.5 Å². The van der Waals surface area contributed by atoms with E-state index < -0.39 is 0 Å². The second-order valence-corrected chi connectivity index (χ2v) is 7.09. The van der Waals surface area contributed by atoms with E-state index in [-0.39, 0.29) is 11.3 Å². The van der Waals surface area contributed by atoms with Crippen LogP contribution in [-0.4, -0.2) is 29.9 Å². The van der Waals surface area contributed by atoms with Gasteiger partial charge in [-0.15, -0.1) is 0 Å². The summed E-state index contributed by atoms with van der Waals surface area (Å²) in [6.45, 7) is 3.47. The Morgan fingerprint density at radius 2 is 1.63 bits per heavy atom. The number of phenols is 1. The summed E-state index contributed by atoms with van der Waals surface area (Å²) in [6, 6.07) is 18.8. The van der Waals surface area contributed by atoms with Crippen LogP contribution in [0.4, 0.5) is 0 Å². The lowest BCUT2D eigenvalue weighted by atomic mass is 9.88. The highest BCUT2D eigenvalue weighted by molar-refractivity contribution is 5.98. The average molecular weight is 405 g/mol. The molecule has 0 aliphatic carbocycles. The zero-order valence-electron chi connectivity index (χ0n) is 17.7. The van der Waals surface area contributed by atoms with Crippen molar-refractivity contribution in [3.63, 3.8) is 0 Å². The van der Waals surface area contributed by atoms with Gasteiger partial charge in [-0.2, -0.15) is 0 Å². The van der Waals surface area contributed by atoms with Gasteiger partial charge in [0.05, 0.1) is 0 Å². The lowest BCUT2D eigenvalue weighted by molar-refractivity contribution is 0.318. The van der Waals surface area contributed by atoms with E-state index in [1.165, 1.54) is 0 Å². The van der Waals surface area contributed by atoms with Gasteiger partial charge in [0, 0.05) is 25.9 Å². The molecule has 5 heteroatoms. The summed E-state index contributed by atoms with van der Waals surface area (Å²) in [5.74, 6) is 1.03. The molecular weight excluding hydrogens is 376 g/mol. The van der Waals surface area contributed by atoms with Crippen LogP contribution in [0.15, 0.2) is 71.7 Å². The number of ether oxygens (including phenoxy) is 1. The zero-order chi connectivity index (χ0) is 21.5. The van der Waals surface area contributed by atoms with Gasteiger partial charge in [0.2, 0.25) is 0 Å². The highest BCUT2D eigenvalue weighted by Gasteiger charge is 2.14. The number of nitrogens with zero attached hydrogens (tertiary/aromatic N) is 1. The molecule has 0 amide bonds. The molecule has 3 aromatic rings. The minimum absolute atomic E-state index is 0.0446. The third kappa shape index (κ3) is 4.99. The second-order valence-electron chi connectivity index (χ2n) is 7.09. The summed E-state index contributed by atoms with van der Waals surface area (Å²) in [5, 5.41) is 12.8. The molecule has 0 aliphatic rings. The third-order valence-electron chi connectivity index (χ3n) is 5.03. The Hall–Kier alpha value is -3.31. The van der Waals surface area contributed by atoms with Gasteiger partial charge in [-0.05, 0) is 71.6 Å². The van der Waals surface area contributed by atoms with E-state index in [1.54, 1.807) is 36.0 Å². The van der Waals surface area contributed by atoms with Gasteiger partial charge in [-0.3, -0.25) is 4.79 Å². The van der Waals surface area contributed by atoms with E-state index in [0.717, 1.165) is 46.6 Å². The normalized spacial score (nSPS) is 11.8. The number of rotatable bonds is 8. The van der Waals surface area contributed by atoms with Crippen LogP contribution in [0.2, 0.25) is 0 Å². The molecule has 0 radical (unpaired) electrons. The molecule has 3 rings (SSSR count). The summed E-state index contributed by atoms with van der Waals surface area (Å²) in [7, 11) is 3.64. The molecule has 156 valence electrons. The van der Waals surface area contributed by atoms with Gasteiger partial charge in [-0.25, -0.2) is 0 Å². The smallest absolute Gasteiger partial charge is 0.250 e. The monoisotopic (exact) mass is 404 g/mol. The molecule has 0 aliphatic heterocycles. The number of hydrogen-bond donors (Lipinski definition) is 2. The molecule has 0 fully saturated rings. The first kappa shape index (κ1) is 21.4. The highest BCUT2D eigenvalue weighted by Crippen LogP contribution is 2.35. The SMILES string of the molecule is CCC(=C(c1ccc(O)cc1)c1ccc(OCCNC)cc1)c1ccn(C)c(=O)c1. The number of hydrogen-bond acceptors (Lipinski definition) is 4. The number of allylic oxidation sites excluding steroid dienone is 1. The van der Waals surface area contributed by atoms with Crippen LogP contribution in [0, 0.1) is 0 Å². The molecule has 2 N–H and O–H groups in total. The topological polar surface area (TPSA) is 63.5 Å². The van der Waals surface area contributed by atoms with Crippen LogP contribution in [0.1, 0.15) is 30.0 Å². The average Bonchev–Trinajstić information content (AvgIpc) is 2.76. The zero-order valence-corrected chi connectivity index (χ0v) is 17.7. The predicted octanol–water partition coefficient (Wildman–Crippen LogP) is 4.06. The van der Waals surface area contributed by atoms with E-state index in [4.69, 9.17) is 4.74 Å². The van der Waals surface area contributed by atoms with Crippen molar-refractivity contribution in [3.8, 4) is 11.5 Å². The van der Waals surface area contributed by atoms with E-state index >= 15 is 0 Å². The minimum Gasteiger partial charge on any atom is -0.508 e. The number of benzene rings is 2. The van der Waals surface area contributed by atoms with Gasteiger partial charge in [-0.1, -0.05) is 31.2 Å². The number of likely N-dealkylation sites (N-methyl/N-ethyl adjacent to an activating group) is 1. The molecule has 0 saturated carbocycles. The van der Waals surface area contributed by atoms with Crippen LogP contribution >= 0.6 is 0 Å². The molecule has 0 unspecified atom stereocenters. The molecule has 1 heterocycles. The van der Waals surface area contributed by atoms with Gasteiger partial charge in [0.1, 0.15) is 18.1 Å². The van der Waals surface area contributed by atoms with Gasteiger partial charge in [0.25, 0.3) is 5.56 Å². The van der Waals surface area contributed by atoms with E-state index in [2.05, 4.69) is 12.2 Å². The maximum absolute atomic E-state index is 12.3. The standard InChI is InChI=1S/C25H28N2O3/c1-4-23(20-13-15-27(3)24(29)17-20)25(18-5-9-21(28)10-6-18)19-7-11-22(12-8-19)30-16-14-26-2/h5-13,15,17,26,28H,4,14,16H2,1-3H3. The van der Waals surface area contributed by atoms with Crippen molar-refractivity contribution in [1.29, 1.82) is 0 Å². The first-order valence-electron chi connectivity index (χ1n) is 10.1. The van der Waals surface area contributed by atoms with Crippen LogP contribution < -0.4 is 15.6 Å². The Morgan fingerprint density at radius 3 is 2.20 bits per heavy atom. The lowest BCUT2D eigenvalue weighted by Crippen LogP contribution is -2.15. The third-order valence-corrected chi connectivity index (χ3v) is 5.03. The first-order chi connectivity index (χ1) is 14.5. The van der Waals surface area contributed by atoms with Crippen molar-refractivity contribution in [3.05, 3.63) is 93.9 Å². The highest BCUT2D eigenvalue weighted by atomic mass is 16.5. The molecule has 1 aromatic heterocycles. The number of nitrogens with one attached hydrogen (secondary N) is 1. The van der Waals surface area contributed by atoms with Crippen LogP contribution in [-0.2, 0) is 7.05 Å². The van der Waals surface area contributed by atoms with Crippen LogP contribution in [0.3, 0.4) is 0 Å². The fourth-order valence-corrected chi connectivity index (χ4v) is 3.39. The van der Waals surface area contributed by atoms with Gasteiger partial charge >= 0.3 is 0 Å². The maximum Gasteiger partial charge on any atom is 0.250 e. The minimum atomic E-state index is -0.0446. The number of aromatic hydroxyl groups is 1. The van der Waals surface area contributed by atoms with Crippen molar-refractivity contribution in [2.45, 2.75) is 13.3 Å². The number of pyridine rings is 1. The van der Waals surface area contributed by atoms with Gasteiger partial charge in [0.15, 0.2) is 0 Å². The number of aromatic nitrogens is 1. The fraction of sp³-hybridized carbons (Fsp3) is 0.240. The Bertz CT molecular complexity index is 1060. The summed E-state index contributed by atoms with van der Waals surface area (Å²) < 4.78 is 7.31. The van der Waals surface area contributed by atoms with E-state index in [0.29, 0.717) is 6.61 Å². The van der Waals surface area contributed by atoms with Crippen molar-refractivity contribution in [2.24, 2.45) is 7.05 Å². The largest absolute Gasteiger partial charge is 0.508 e. The summed E-state index contributed by atoms with van der Waals surface area (Å²) in [5.41, 5.74) is 4.97. The van der Waals surface area contributed by atoms with Crippen molar-refractivity contribution >= 4 is 11.1 Å². The van der Waals surface area contributed by atoms with Crippen molar-refractivity contribution < 1.29 is 9.84 Å². The van der Waals surface area contributed by atoms with Crippen molar-refractivity contribution in [1.82, 2.24) is 9.88 Å². The maximum atomic E-state index is 12.3. The number of aryl methyl sites for hydroxylation is 1. The first-order valence-corrected chi connectivity index (χ1v) is 10.1. The predicted molar refractivity (Wildman–Crippen MR) is 122 cm³/mol. The molecule has 0 atom stereocenters. The van der Waals surface area contributed by atoms with E-state index in [9.17, 15) is 9.90 Å². The number of phenolic OH excluding ortho intramolecular Hbond substituents is 1. The summed E-state index contributed by atoms with van der Waals surface area (Å²) in [6.07, 6.45) is 2.55. The Morgan fingerprint density at radius 1 is 1.00 bits per heavy atom. The molecule has 0 spiro atoms. The Kier molecular flexibility index (Phi) is 7.09. The fourth-order valence-electron chi connectivity index (χ4n) is 3.39. The van der Waals surface area contributed by atoms with Crippen LogP contribution in [0.5, 0.6) is 11.5 Å². The summed E-state index contributed by atoms with van der Waals surface area (Å²) in [4.78, 5) is 12.3. The van der Waals surface area contributed by atoms with Gasteiger partial charge < -0.3 is 19.7 Å². The Balaban J connectivity index is 2.12. The second kappa shape index (κ2) is 9.94.